The van der Waals surface area contributed by atoms with Crippen molar-refractivity contribution in [3.05, 3.63) is 28.2 Å². The van der Waals surface area contributed by atoms with E-state index in [9.17, 15) is 4.79 Å². The van der Waals surface area contributed by atoms with Gasteiger partial charge in [0.25, 0.3) is 0 Å². The van der Waals surface area contributed by atoms with E-state index < -0.39 is 0 Å². The molecule has 0 saturated heterocycles. The fourth-order valence-corrected chi connectivity index (χ4v) is 2.66. The zero-order valence-corrected chi connectivity index (χ0v) is 14.1. The third-order valence-corrected chi connectivity index (χ3v) is 3.78. The molecular weight excluding hydrogens is 322 g/mol. The zero-order chi connectivity index (χ0) is 15.1. The van der Waals surface area contributed by atoms with Crippen LogP contribution in [0.5, 0.6) is 0 Å². The van der Waals surface area contributed by atoms with E-state index in [-0.39, 0.29) is 11.8 Å². The normalized spacial score (nSPS) is 12.2. The summed E-state index contributed by atoms with van der Waals surface area (Å²) in [7, 11) is 3.38. The van der Waals surface area contributed by atoms with Gasteiger partial charge in [-0.05, 0) is 48.0 Å². The van der Waals surface area contributed by atoms with E-state index in [1.54, 1.807) is 21.1 Å². The van der Waals surface area contributed by atoms with Gasteiger partial charge >= 0.3 is 0 Å². The lowest BCUT2D eigenvalue weighted by molar-refractivity contribution is 0.101. The molecule has 0 aromatic heterocycles. The second kappa shape index (κ2) is 8.39. The molecule has 0 bridgehead atoms. The van der Waals surface area contributed by atoms with Gasteiger partial charge in [-0.2, -0.15) is 0 Å². The molecule has 1 aromatic rings. The first-order valence-electron chi connectivity index (χ1n) is 6.56. The molecule has 0 aliphatic carbocycles. The summed E-state index contributed by atoms with van der Waals surface area (Å²) in [6.45, 7) is 5.70. The highest BCUT2D eigenvalue weighted by Gasteiger charge is 2.17. The standard InChI is InChI=1S/C15H22BrNO3/c1-11(10-20-4)17(7-8-19-3)15-6-5-13(12(2)18)9-14(15)16/h5-6,9,11H,7-8,10H2,1-4H3. The van der Waals surface area contributed by atoms with Crippen molar-refractivity contribution < 1.29 is 14.3 Å². The van der Waals surface area contributed by atoms with Gasteiger partial charge < -0.3 is 14.4 Å². The fourth-order valence-electron chi connectivity index (χ4n) is 2.06. The number of rotatable bonds is 8. The summed E-state index contributed by atoms with van der Waals surface area (Å²) >= 11 is 3.55. The van der Waals surface area contributed by atoms with E-state index in [4.69, 9.17) is 9.47 Å². The van der Waals surface area contributed by atoms with Gasteiger partial charge in [0.1, 0.15) is 0 Å². The molecular formula is C15H22BrNO3. The van der Waals surface area contributed by atoms with Crippen molar-refractivity contribution in [2.75, 3.05) is 38.9 Å². The number of Topliss-reactive ketones (excluding diaryl/α,β-unsaturated/α-hetero) is 1. The summed E-state index contributed by atoms with van der Waals surface area (Å²) in [6, 6.07) is 5.89. The lowest BCUT2D eigenvalue weighted by atomic mass is 10.1. The third-order valence-electron chi connectivity index (χ3n) is 3.14. The van der Waals surface area contributed by atoms with Crippen LogP contribution in [0.2, 0.25) is 0 Å². The van der Waals surface area contributed by atoms with Crippen LogP contribution in [0.25, 0.3) is 0 Å². The summed E-state index contributed by atoms with van der Waals surface area (Å²) < 4.78 is 11.3. The second-order valence-electron chi connectivity index (χ2n) is 4.71. The van der Waals surface area contributed by atoms with Gasteiger partial charge in [0.05, 0.1) is 18.9 Å². The van der Waals surface area contributed by atoms with Crippen molar-refractivity contribution in [1.29, 1.82) is 0 Å². The predicted octanol–water partition coefficient (Wildman–Crippen LogP) is 3.14. The maximum absolute atomic E-state index is 11.4. The van der Waals surface area contributed by atoms with Crippen molar-refractivity contribution >= 4 is 27.4 Å². The molecule has 0 spiro atoms. The monoisotopic (exact) mass is 343 g/mol. The molecule has 4 nitrogen and oxygen atoms in total. The molecule has 0 saturated carbocycles. The minimum absolute atomic E-state index is 0.0608. The van der Waals surface area contributed by atoms with Crippen molar-refractivity contribution in [3.63, 3.8) is 0 Å². The molecule has 0 fully saturated rings. The minimum Gasteiger partial charge on any atom is -0.383 e. The number of nitrogens with zero attached hydrogens (tertiary/aromatic N) is 1. The topological polar surface area (TPSA) is 38.8 Å². The SMILES string of the molecule is COCCN(c1ccc(C(C)=O)cc1Br)C(C)COC. The Hall–Kier alpha value is -0.910. The Bertz CT molecular complexity index is 451. The maximum atomic E-state index is 11.4. The molecule has 1 unspecified atom stereocenters. The summed E-state index contributed by atoms with van der Waals surface area (Å²) in [6.07, 6.45) is 0. The zero-order valence-electron chi connectivity index (χ0n) is 12.5. The van der Waals surface area contributed by atoms with Crippen LogP contribution in [0.15, 0.2) is 22.7 Å². The Morgan fingerprint density at radius 1 is 1.35 bits per heavy atom. The lowest BCUT2D eigenvalue weighted by Gasteiger charge is -2.31. The Kier molecular flexibility index (Phi) is 7.19. The number of halogens is 1. The molecule has 20 heavy (non-hydrogen) atoms. The molecule has 0 N–H and O–H groups in total. The summed E-state index contributed by atoms with van der Waals surface area (Å²) in [5, 5.41) is 0. The average molecular weight is 344 g/mol. The average Bonchev–Trinajstić information content (AvgIpc) is 2.40. The molecule has 1 atom stereocenters. The summed E-state index contributed by atoms with van der Waals surface area (Å²) in [5.74, 6) is 0.0608. The van der Waals surface area contributed by atoms with E-state index in [2.05, 4.69) is 27.8 Å². The molecule has 0 heterocycles. The van der Waals surface area contributed by atoms with Crippen LogP contribution in [0, 0.1) is 0 Å². The van der Waals surface area contributed by atoms with Gasteiger partial charge in [-0.3, -0.25) is 4.79 Å². The van der Waals surface area contributed by atoms with Crippen LogP contribution in [-0.4, -0.2) is 45.8 Å². The van der Waals surface area contributed by atoms with Crippen LogP contribution in [-0.2, 0) is 9.47 Å². The van der Waals surface area contributed by atoms with Gasteiger partial charge in [0.2, 0.25) is 0 Å². The van der Waals surface area contributed by atoms with Gasteiger partial charge in [0.15, 0.2) is 5.78 Å². The van der Waals surface area contributed by atoms with Crippen molar-refractivity contribution in [2.45, 2.75) is 19.9 Å². The Morgan fingerprint density at radius 3 is 2.55 bits per heavy atom. The van der Waals surface area contributed by atoms with Crippen molar-refractivity contribution in [2.24, 2.45) is 0 Å². The number of benzene rings is 1. The molecule has 0 aliphatic rings. The van der Waals surface area contributed by atoms with E-state index in [1.807, 2.05) is 18.2 Å². The molecule has 0 radical (unpaired) electrons. The number of carbonyl (C=O) groups excluding carboxylic acids is 1. The smallest absolute Gasteiger partial charge is 0.159 e. The van der Waals surface area contributed by atoms with Crippen molar-refractivity contribution in [1.82, 2.24) is 0 Å². The number of ketones is 1. The largest absolute Gasteiger partial charge is 0.383 e. The third kappa shape index (κ3) is 4.58. The minimum atomic E-state index is 0.0608. The number of hydrogen-bond donors (Lipinski definition) is 0. The van der Waals surface area contributed by atoms with E-state index in [0.717, 1.165) is 16.7 Å². The number of anilines is 1. The fraction of sp³-hybridized carbons (Fsp3) is 0.533. The molecule has 112 valence electrons. The summed E-state index contributed by atoms with van der Waals surface area (Å²) in [5.41, 5.74) is 1.74. The van der Waals surface area contributed by atoms with Crippen LogP contribution < -0.4 is 4.90 Å². The number of hydrogen-bond acceptors (Lipinski definition) is 4. The Morgan fingerprint density at radius 2 is 2.05 bits per heavy atom. The van der Waals surface area contributed by atoms with Crippen LogP contribution in [0.3, 0.4) is 0 Å². The van der Waals surface area contributed by atoms with Crippen LogP contribution in [0.4, 0.5) is 5.69 Å². The highest BCUT2D eigenvalue weighted by molar-refractivity contribution is 9.10. The number of ether oxygens (including phenoxy) is 2. The molecule has 1 rings (SSSR count). The number of carbonyl (C=O) groups is 1. The predicted molar refractivity (Wildman–Crippen MR) is 84.7 cm³/mol. The van der Waals surface area contributed by atoms with E-state index in [0.29, 0.717) is 18.8 Å². The van der Waals surface area contributed by atoms with Gasteiger partial charge in [-0.1, -0.05) is 0 Å². The molecule has 5 heteroatoms. The van der Waals surface area contributed by atoms with Crippen LogP contribution >= 0.6 is 15.9 Å². The Balaban J connectivity index is 3.03. The first-order chi connectivity index (χ1) is 9.51. The molecule has 0 aliphatic heterocycles. The van der Waals surface area contributed by atoms with Crippen LogP contribution in [0.1, 0.15) is 24.2 Å². The van der Waals surface area contributed by atoms with Gasteiger partial charge in [-0.25, -0.2) is 0 Å². The first-order valence-corrected chi connectivity index (χ1v) is 7.35. The lowest BCUT2D eigenvalue weighted by Crippen LogP contribution is -2.38. The number of methoxy groups -OCH3 is 2. The van der Waals surface area contributed by atoms with Gasteiger partial charge in [0, 0.05) is 36.8 Å². The second-order valence-corrected chi connectivity index (χ2v) is 5.57. The summed E-state index contributed by atoms with van der Waals surface area (Å²) in [4.78, 5) is 13.6. The van der Waals surface area contributed by atoms with E-state index >= 15 is 0 Å². The molecule has 0 amide bonds. The Labute approximate surface area is 129 Å². The highest BCUT2D eigenvalue weighted by atomic mass is 79.9. The highest BCUT2D eigenvalue weighted by Crippen LogP contribution is 2.29. The van der Waals surface area contributed by atoms with Gasteiger partial charge in [-0.15, -0.1) is 0 Å². The van der Waals surface area contributed by atoms with Crippen molar-refractivity contribution in [3.8, 4) is 0 Å². The quantitative estimate of drug-likeness (QED) is 0.679. The maximum Gasteiger partial charge on any atom is 0.159 e. The van der Waals surface area contributed by atoms with E-state index in [1.165, 1.54) is 0 Å². The first kappa shape index (κ1) is 17.1. The molecule has 1 aromatic carbocycles.